The Morgan fingerprint density at radius 2 is 1.85 bits per heavy atom. The Balaban J connectivity index is 2.04. The Kier molecular flexibility index (Phi) is 5.06. The van der Waals surface area contributed by atoms with Gasteiger partial charge in [0.15, 0.2) is 0 Å². The summed E-state index contributed by atoms with van der Waals surface area (Å²) < 4.78 is 25.7. The quantitative estimate of drug-likeness (QED) is 0.828. The number of sulfonamides is 1. The molecular formula is C13H18N2O3S2. The van der Waals surface area contributed by atoms with E-state index in [1.165, 1.54) is 19.2 Å². The van der Waals surface area contributed by atoms with Crippen molar-refractivity contribution in [2.45, 2.75) is 4.90 Å². The van der Waals surface area contributed by atoms with E-state index in [0.717, 1.165) is 15.8 Å². The van der Waals surface area contributed by atoms with E-state index < -0.39 is 10.0 Å². The fourth-order valence-corrected chi connectivity index (χ4v) is 4.01. The van der Waals surface area contributed by atoms with Gasteiger partial charge < -0.3 is 4.90 Å². The van der Waals surface area contributed by atoms with E-state index in [0.29, 0.717) is 13.1 Å². The fourth-order valence-electron chi connectivity index (χ4n) is 1.96. The first-order valence-corrected chi connectivity index (χ1v) is 8.98. The summed E-state index contributed by atoms with van der Waals surface area (Å²) in [5.41, 5.74) is 0. The minimum Gasteiger partial charge on any atom is -0.340 e. The zero-order chi connectivity index (χ0) is 14.6. The number of rotatable bonds is 4. The van der Waals surface area contributed by atoms with E-state index in [9.17, 15) is 13.2 Å². The Bertz CT molecular complexity index is 554. The van der Waals surface area contributed by atoms with Gasteiger partial charge in [0.25, 0.3) is 0 Å². The third-order valence-electron chi connectivity index (χ3n) is 3.17. The first-order chi connectivity index (χ1) is 9.51. The van der Waals surface area contributed by atoms with Crippen molar-refractivity contribution in [1.29, 1.82) is 0 Å². The van der Waals surface area contributed by atoms with Crippen molar-refractivity contribution in [1.82, 2.24) is 9.21 Å². The molecule has 0 N–H and O–H groups in total. The molecule has 0 aromatic heterocycles. The van der Waals surface area contributed by atoms with Crippen LogP contribution in [-0.2, 0) is 14.8 Å². The molecule has 7 heteroatoms. The van der Waals surface area contributed by atoms with Crippen molar-refractivity contribution in [2.75, 3.05) is 38.2 Å². The van der Waals surface area contributed by atoms with Crippen molar-refractivity contribution in [3.05, 3.63) is 30.3 Å². The van der Waals surface area contributed by atoms with Crippen LogP contribution in [0.1, 0.15) is 0 Å². The Morgan fingerprint density at radius 3 is 2.45 bits per heavy atom. The third kappa shape index (κ3) is 3.53. The monoisotopic (exact) mass is 314 g/mol. The summed E-state index contributed by atoms with van der Waals surface area (Å²) in [6.45, 7) is 1.29. The lowest BCUT2D eigenvalue weighted by Crippen LogP contribution is -2.44. The summed E-state index contributed by atoms with van der Waals surface area (Å²) in [6, 6.07) is 8.17. The molecule has 1 saturated heterocycles. The molecule has 0 bridgehead atoms. The van der Waals surface area contributed by atoms with Gasteiger partial charge in [-0.25, -0.2) is 8.42 Å². The zero-order valence-electron chi connectivity index (χ0n) is 11.4. The summed E-state index contributed by atoms with van der Waals surface area (Å²) in [7, 11) is -2.15. The predicted octanol–water partition coefficient (Wildman–Crippen LogP) is 0.882. The fraction of sp³-hybridized carbons (Fsp3) is 0.462. The van der Waals surface area contributed by atoms with Gasteiger partial charge in [-0.15, -0.1) is 0 Å². The number of carbonyl (C=O) groups excluding carboxylic acids is 1. The Morgan fingerprint density at radius 1 is 1.25 bits per heavy atom. The lowest BCUT2D eigenvalue weighted by molar-refractivity contribution is -0.130. The molecule has 0 radical (unpaired) electrons. The second-order valence-electron chi connectivity index (χ2n) is 4.57. The molecule has 110 valence electrons. The van der Waals surface area contributed by atoms with Gasteiger partial charge in [0, 0.05) is 31.6 Å². The molecule has 1 aromatic rings. The van der Waals surface area contributed by atoms with Crippen molar-refractivity contribution < 1.29 is 13.2 Å². The molecule has 0 unspecified atom stereocenters. The van der Waals surface area contributed by atoms with Gasteiger partial charge in [-0.3, -0.25) is 4.79 Å². The topological polar surface area (TPSA) is 57.7 Å². The highest BCUT2D eigenvalue weighted by Gasteiger charge is 2.25. The van der Waals surface area contributed by atoms with E-state index in [4.69, 9.17) is 0 Å². The van der Waals surface area contributed by atoms with Crippen LogP contribution in [0.25, 0.3) is 0 Å². The number of nitrogens with zero attached hydrogens (tertiary/aromatic N) is 2. The zero-order valence-corrected chi connectivity index (χ0v) is 13.0. The number of likely N-dealkylation sites (N-methyl/N-ethyl adjacent to an activating group) is 1. The van der Waals surface area contributed by atoms with Crippen molar-refractivity contribution in [3.8, 4) is 0 Å². The molecule has 20 heavy (non-hydrogen) atoms. The SMILES string of the molecule is CN(CC(=O)N1CCSCC1)S(=O)(=O)c1ccccc1. The van der Waals surface area contributed by atoms with Gasteiger partial charge in [0.1, 0.15) is 0 Å². The number of hydrogen-bond donors (Lipinski definition) is 0. The van der Waals surface area contributed by atoms with E-state index in [1.807, 2.05) is 11.8 Å². The largest absolute Gasteiger partial charge is 0.340 e. The van der Waals surface area contributed by atoms with Gasteiger partial charge in [-0.05, 0) is 12.1 Å². The van der Waals surface area contributed by atoms with Crippen molar-refractivity contribution in [3.63, 3.8) is 0 Å². The molecule has 5 nitrogen and oxygen atoms in total. The van der Waals surface area contributed by atoms with Crippen molar-refractivity contribution >= 4 is 27.7 Å². The maximum atomic E-state index is 12.3. The smallest absolute Gasteiger partial charge is 0.243 e. The lowest BCUT2D eigenvalue weighted by Gasteiger charge is -2.28. The van der Waals surface area contributed by atoms with Crippen LogP contribution < -0.4 is 0 Å². The third-order valence-corrected chi connectivity index (χ3v) is 5.93. The van der Waals surface area contributed by atoms with Crippen LogP contribution in [0.2, 0.25) is 0 Å². The van der Waals surface area contributed by atoms with Crippen molar-refractivity contribution in [2.24, 2.45) is 0 Å². The van der Waals surface area contributed by atoms with Crippen LogP contribution in [0.3, 0.4) is 0 Å². The number of thioether (sulfide) groups is 1. The average Bonchev–Trinajstić information content (AvgIpc) is 2.49. The molecule has 1 amide bonds. The van der Waals surface area contributed by atoms with Crippen LogP contribution in [0, 0.1) is 0 Å². The number of hydrogen-bond acceptors (Lipinski definition) is 4. The van der Waals surface area contributed by atoms with Crippen LogP contribution in [-0.4, -0.2) is 61.7 Å². The highest BCUT2D eigenvalue weighted by molar-refractivity contribution is 7.99. The normalized spacial score (nSPS) is 16.4. The predicted molar refractivity (Wildman–Crippen MR) is 80.2 cm³/mol. The van der Waals surface area contributed by atoms with E-state index in [1.54, 1.807) is 23.1 Å². The minimum absolute atomic E-state index is 0.109. The second kappa shape index (κ2) is 6.60. The summed E-state index contributed by atoms with van der Waals surface area (Å²) in [4.78, 5) is 14.0. The van der Waals surface area contributed by atoms with Crippen LogP contribution in [0.5, 0.6) is 0 Å². The first kappa shape index (κ1) is 15.3. The molecule has 1 aliphatic heterocycles. The van der Waals surface area contributed by atoms with Gasteiger partial charge in [0.2, 0.25) is 15.9 Å². The van der Waals surface area contributed by atoms with Crippen LogP contribution >= 0.6 is 11.8 Å². The van der Waals surface area contributed by atoms with E-state index in [2.05, 4.69) is 0 Å². The van der Waals surface area contributed by atoms with Gasteiger partial charge in [-0.2, -0.15) is 16.1 Å². The molecule has 0 spiro atoms. The number of benzene rings is 1. The van der Waals surface area contributed by atoms with Gasteiger partial charge >= 0.3 is 0 Å². The molecule has 1 heterocycles. The molecule has 0 aliphatic carbocycles. The molecule has 1 aromatic carbocycles. The lowest BCUT2D eigenvalue weighted by atomic mass is 10.4. The van der Waals surface area contributed by atoms with Gasteiger partial charge in [0.05, 0.1) is 11.4 Å². The molecule has 0 atom stereocenters. The standard InChI is InChI=1S/C13H18N2O3S2/c1-14(11-13(16)15-7-9-19-10-8-15)20(17,18)12-5-3-2-4-6-12/h2-6H,7-11H2,1H3. The summed E-state index contributed by atoms with van der Waals surface area (Å²) in [6.07, 6.45) is 0. The Hall–Kier alpha value is -1.05. The maximum Gasteiger partial charge on any atom is 0.243 e. The first-order valence-electron chi connectivity index (χ1n) is 6.39. The number of amides is 1. The van der Waals surface area contributed by atoms with Gasteiger partial charge in [-0.1, -0.05) is 18.2 Å². The molecule has 1 aliphatic rings. The second-order valence-corrected chi connectivity index (χ2v) is 7.84. The summed E-state index contributed by atoms with van der Waals surface area (Å²) in [5.74, 6) is 1.70. The maximum absolute atomic E-state index is 12.3. The molecular weight excluding hydrogens is 296 g/mol. The minimum atomic E-state index is -3.59. The van der Waals surface area contributed by atoms with Crippen LogP contribution in [0.4, 0.5) is 0 Å². The number of carbonyl (C=O) groups is 1. The highest BCUT2D eigenvalue weighted by atomic mass is 32.2. The summed E-state index contributed by atoms with van der Waals surface area (Å²) in [5, 5.41) is 0. The Labute approximate surface area is 124 Å². The highest BCUT2D eigenvalue weighted by Crippen LogP contribution is 2.14. The molecule has 0 saturated carbocycles. The molecule has 2 rings (SSSR count). The van der Waals surface area contributed by atoms with Crippen LogP contribution in [0.15, 0.2) is 35.2 Å². The van der Waals surface area contributed by atoms with E-state index >= 15 is 0 Å². The van der Waals surface area contributed by atoms with E-state index in [-0.39, 0.29) is 17.3 Å². The average molecular weight is 314 g/mol. The molecule has 1 fully saturated rings. The summed E-state index contributed by atoms with van der Waals surface area (Å²) >= 11 is 1.81.